The van der Waals surface area contributed by atoms with Gasteiger partial charge in [-0.2, -0.15) is 17.0 Å². The summed E-state index contributed by atoms with van der Waals surface area (Å²) in [5, 5.41) is 12.4. The minimum atomic E-state index is -0.479. The van der Waals surface area contributed by atoms with Crippen LogP contribution in [0, 0.1) is 17.2 Å². The summed E-state index contributed by atoms with van der Waals surface area (Å²) in [4.78, 5) is 11.8. The first-order chi connectivity index (χ1) is 7.72. The highest BCUT2D eigenvalue weighted by Crippen LogP contribution is 2.30. The van der Waals surface area contributed by atoms with Crippen LogP contribution in [0.4, 0.5) is 0 Å². The number of nitriles is 1. The molecule has 0 spiro atoms. The molecule has 0 aromatic carbocycles. The fraction of sp³-hybridized carbons (Fsp3) is 0.833. The van der Waals surface area contributed by atoms with Crippen LogP contribution in [0.25, 0.3) is 0 Å². The zero-order valence-corrected chi connectivity index (χ0v) is 10.8. The first-order valence-electron chi connectivity index (χ1n) is 6.04. The van der Waals surface area contributed by atoms with Gasteiger partial charge in [0.15, 0.2) is 0 Å². The Hall–Kier alpha value is -0.690. The van der Waals surface area contributed by atoms with Gasteiger partial charge in [-0.3, -0.25) is 4.79 Å². The van der Waals surface area contributed by atoms with Crippen LogP contribution in [0.15, 0.2) is 0 Å². The summed E-state index contributed by atoms with van der Waals surface area (Å²) in [6.45, 7) is 4.02. The number of amides is 1. The van der Waals surface area contributed by atoms with Gasteiger partial charge in [-0.15, -0.1) is 0 Å². The lowest BCUT2D eigenvalue weighted by atomic mass is 10.1. The molecule has 3 unspecified atom stereocenters. The summed E-state index contributed by atoms with van der Waals surface area (Å²) in [6, 6.07) is 2.33. The minimum absolute atomic E-state index is 0.0846. The van der Waals surface area contributed by atoms with Gasteiger partial charge in [0.05, 0.1) is 6.07 Å². The molecule has 0 heterocycles. The molecule has 0 aromatic heterocycles. The van der Waals surface area contributed by atoms with Crippen LogP contribution in [-0.4, -0.2) is 23.0 Å². The fourth-order valence-corrected chi connectivity index (χ4v) is 3.32. The predicted octanol–water partition coefficient (Wildman–Crippen LogP) is 2.33. The molecule has 1 amide bonds. The third kappa shape index (κ3) is 3.41. The summed E-state index contributed by atoms with van der Waals surface area (Å²) in [5.41, 5.74) is 0. The number of nitrogens with one attached hydrogen (secondary N) is 1. The van der Waals surface area contributed by atoms with E-state index < -0.39 is 5.92 Å². The molecule has 1 rings (SSSR count). The zero-order valence-electron chi connectivity index (χ0n) is 10.0. The third-order valence-electron chi connectivity index (χ3n) is 3.04. The zero-order chi connectivity index (χ0) is 12.0. The van der Waals surface area contributed by atoms with E-state index in [9.17, 15) is 4.79 Å². The highest BCUT2D eigenvalue weighted by atomic mass is 32.2. The molecule has 1 saturated carbocycles. The van der Waals surface area contributed by atoms with E-state index in [2.05, 4.69) is 18.3 Å². The predicted molar refractivity (Wildman–Crippen MR) is 67.1 cm³/mol. The summed E-state index contributed by atoms with van der Waals surface area (Å²) < 4.78 is 0. The second-order valence-electron chi connectivity index (χ2n) is 4.13. The Morgan fingerprint density at radius 2 is 2.31 bits per heavy atom. The summed E-state index contributed by atoms with van der Waals surface area (Å²) in [6.07, 6.45) is 4.03. The van der Waals surface area contributed by atoms with Crippen LogP contribution in [0.1, 0.15) is 39.5 Å². The van der Waals surface area contributed by atoms with Crippen LogP contribution in [0.5, 0.6) is 0 Å². The molecule has 90 valence electrons. The summed E-state index contributed by atoms with van der Waals surface area (Å²) >= 11 is 1.92. The van der Waals surface area contributed by atoms with Crippen molar-refractivity contribution >= 4 is 17.7 Å². The average molecular weight is 240 g/mol. The van der Waals surface area contributed by atoms with Gasteiger partial charge in [0, 0.05) is 11.3 Å². The molecule has 0 bridgehead atoms. The second kappa shape index (κ2) is 6.80. The number of hydrogen-bond acceptors (Lipinski definition) is 3. The van der Waals surface area contributed by atoms with Crippen molar-refractivity contribution in [3.8, 4) is 6.07 Å². The molecule has 0 aliphatic heterocycles. The highest BCUT2D eigenvalue weighted by Gasteiger charge is 2.29. The Labute approximate surface area is 102 Å². The van der Waals surface area contributed by atoms with Gasteiger partial charge in [-0.05, 0) is 25.0 Å². The van der Waals surface area contributed by atoms with E-state index in [1.165, 1.54) is 12.8 Å². The maximum absolute atomic E-state index is 11.8. The van der Waals surface area contributed by atoms with Crippen molar-refractivity contribution in [1.82, 2.24) is 5.32 Å². The van der Waals surface area contributed by atoms with Crippen molar-refractivity contribution < 1.29 is 4.79 Å². The van der Waals surface area contributed by atoms with Crippen LogP contribution in [0.2, 0.25) is 0 Å². The molecule has 0 radical (unpaired) electrons. The molecule has 1 N–H and O–H groups in total. The molecule has 0 aromatic rings. The molecule has 3 nitrogen and oxygen atoms in total. The average Bonchev–Trinajstić information content (AvgIpc) is 2.68. The van der Waals surface area contributed by atoms with E-state index in [1.807, 2.05) is 18.7 Å². The Bertz CT molecular complexity index is 275. The number of carbonyl (C=O) groups excluding carboxylic acids is 1. The van der Waals surface area contributed by atoms with E-state index in [-0.39, 0.29) is 11.9 Å². The van der Waals surface area contributed by atoms with Crippen molar-refractivity contribution in [2.75, 3.05) is 5.75 Å². The first kappa shape index (κ1) is 13.4. The number of carbonyl (C=O) groups is 1. The number of nitrogens with zero attached hydrogens (tertiary/aromatic N) is 1. The van der Waals surface area contributed by atoms with Gasteiger partial charge in [0.1, 0.15) is 5.92 Å². The van der Waals surface area contributed by atoms with Gasteiger partial charge in [0.25, 0.3) is 0 Å². The first-order valence-corrected chi connectivity index (χ1v) is 7.09. The highest BCUT2D eigenvalue weighted by molar-refractivity contribution is 7.99. The summed E-state index contributed by atoms with van der Waals surface area (Å²) in [5.74, 6) is 0.526. The van der Waals surface area contributed by atoms with Crippen molar-refractivity contribution in [2.45, 2.75) is 50.8 Å². The second-order valence-corrected chi connectivity index (χ2v) is 5.65. The SMILES string of the molecule is CCSC1CCCC1NC(=O)C(C#N)CC. The third-order valence-corrected chi connectivity index (χ3v) is 4.37. The maximum atomic E-state index is 11.8. The van der Waals surface area contributed by atoms with Crippen molar-refractivity contribution in [3.05, 3.63) is 0 Å². The topological polar surface area (TPSA) is 52.9 Å². The molecule has 16 heavy (non-hydrogen) atoms. The van der Waals surface area contributed by atoms with Crippen LogP contribution in [-0.2, 0) is 4.79 Å². The van der Waals surface area contributed by atoms with Gasteiger partial charge in [0.2, 0.25) is 5.91 Å². The number of rotatable bonds is 5. The van der Waals surface area contributed by atoms with E-state index in [0.717, 1.165) is 12.2 Å². The van der Waals surface area contributed by atoms with E-state index in [4.69, 9.17) is 5.26 Å². The van der Waals surface area contributed by atoms with E-state index in [0.29, 0.717) is 11.7 Å². The molecule has 1 aliphatic carbocycles. The number of thioether (sulfide) groups is 1. The molecule has 1 fully saturated rings. The van der Waals surface area contributed by atoms with Crippen LogP contribution >= 0.6 is 11.8 Å². The van der Waals surface area contributed by atoms with Crippen molar-refractivity contribution in [3.63, 3.8) is 0 Å². The molecule has 4 heteroatoms. The smallest absolute Gasteiger partial charge is 0.237 e. The Morgan fingerprint density at radius 1 is 1.56 bits per heavy atom. The lowest BCUT2D eigenvalue weighted by Gasteiger charge is -2.21. The molecule has 0 saturated heterocycles. The largest absolute Gasteiger partial charge is 0.351 e. The van der Waals surface area contributed by atoms with Crippen molar-refractivity contribution in [2.24, 2.45) is 5.92 Å². The molecule has 1 aliphatic rings. The Balaban J connectivity index is 2.47. The van der Waals surface area contributed by atoms with E-state index >= 15 is 0 Å². The Kier molecular flexibility index (Phi) is 5.68. The fourth-order valence-electron chi connectivity index (χ4n) is 2.12. The Morgan fingerprint density at radius 3 is 2.88 bits per heavy atom. The lowest BCUT2D eigenvalue weighted by Crippen LogP contribution is -2.41. The standard InChI is InChI=1S/C12H20N2OS/c1-3-9(8-13)12(15)14-10-6-5-7-11(10)16-4-2/h9-11H,3-7H2,1-2H3,(H,14,15). The molecule has 3 atom stereocenters. The minimum Gasteiger partial charge on any atom is -0.351 e. The van der Waals surface area contributed by atoms with E-state index in [1.54, 1.807) is 0 Å². The normalized spacial score (nSPS) is 26.1. The van der Waals surface area contributed by atoms with Gasteiger partial charge < -0.3 is 5.32 Å². The van der Waals surface area contributed by atoms with Crippen LogP contribution < -0.4 is 5.32 Å². The quantitative estimate of drug-likeness (QED) is 0.802. The molecular weight excluding hydrogens is 220 g/mol. The lowest BCUT2D eigenvalue weighted by molar-refractivity contribution is -0.124. The van der Waals surface area contributed by atoms with Gasteiger partial charge >= 0.3 is 0 Å². The van der Waals surface area contributed by atoms with Gasteiger partial charge in [-0.25, -0.2) is 0 Å². The van der Waals surface area contributed by atoms with Crippen molar-refractivity contribution in [1.29, 1.82) is 5.26 Å². The van der Waals surface area contributed by atoms with Crippen LogP contribution in [0.3, 0.4) is 0 Å². The monoisotopic (exact) mass is 240 g/mol. The number of hydrogen-bond donors (Lipinski definition) is 1. The van der Waals surface area contributed by atoms with Gasteiger partial charge in [-0.1, -0.05) is 20.3 Å². The maximum Gasteiger partial charge on any atom is 0.237 e. The summed E-state index contributed by atoms with van der Waals surface area (Å²) in [7, 11) is 0. The molecular formula is C12H20N2OS.